The number of hydrogen-bond acceptors (Lipinski definition) is 4. The van der Waals surface area contributed by atoms with E-state index in [0.717, 1.165) is 6.08 Å². The van der Waals surface area contributed by atoms with Gasteiger partial charge in [-0.1, -0.05) is 13.8 Å². The summed E-state index contributed by atoms with van der Waals surface area (Å²) < 4.78 is 4.55. The molecule has 0 atom stereocenters. The highest BCUT2D eigenvalue weighted by atomic mass is 16.6. The second-order valence-electron chi connectivity index (χ2n) is 2.73. The zero-order valence-electron chi connectivity index (χ0n) is 7.94. The molecule has 0 saturated carbocycles. The second-order valence-corrected chi connectivity index (χ2v) is 2.73. The maximum Gasteiger partial charge on any atom is 0.337 e. The summed E-state index contributed by atoms with van der Waals surface area (Å²) in [6, 6.07) is 0. The van der Waals surface area contributed by atoms with Gasteiger partial charge in [-0.2, -0.15) is 0 Å². The number of allylic oxidation sites excluding steroid dienone is 1. The molecule has 5 heteroatoms. The van der Waals surface area contributed by atoms with Crippen molar-refractivity contribution in [3.05, 3.63) is 21.9 Å². The highest BCUT2D eigenvalue weighted by Crippen LogP contribution is 2.09. The lowest BCUT2D eigenvalue weighted by Crippen LogP contribution is -2.10. The second kappa shape index (κ2) is 5.29. The predicted molar refractivity (Wildman–Crippen MR) is 46.5 cm³/mol. The van der Waals surface area contributed by atoms with Gasteiger partial charge in [0.25, 0.3) is 5.70 Å². The van der Waals surface area contributed by atoms with Crippen molar-refractivity contribution < 1.29 is 14.5 Å². The van der Waals surface area contributed by atoms with Crippen LogP contribution in [-0.4, -0.2) is 17.5 Å². The highest BCUT2D eigenvalue weighted by Gasteiger charge is 2.17. The van der Waals surface area contributed by atoms with Gasteiger partial charge in [-0.25, -0.2) is 4.79 Å². The number of carbonyl (C=O) groups excluding carboxylic acids is 1. The Balaban J connectivity index is 4.54. The molecular formula is C8H13NO4. The average molecular weight is 187 g/mol. The van der Waals surface area contributed by atoms with Crippen molar-refractivity contribution in [3.63, 3.8) is 0 Å². The topological polar surface area (TPSA) is 69.4 Å². The molecule has 0 aromatic heterocycles. The number of ether oxygens (including phenoxy) is 1. The molecule has 0 fully saturated rings. The smallest absolute Gasteiger partial charge is 0.337 e. The molecule has 0 unspecified atom stereocenters. The van der Waals surface area contributed by atoms with Gasteiger partial charge >= 0.3 is 5.97 Å². The molecule has 0 bridgehead atoms. The fraction of sp³-hybridized carbons (Fsp3) is 0.625. The van der Waals surface area contributed by atoms with Gasteiger partial charge < -0.3 is 4.74 Å². The third-order valence-electron chi connectivity index (χ3n) is 1.35. The van der Waals surface area contributed by atoms with Crippen molar-refractivity contribution in [3.8, 4) is 0 Å². The van der Waals surface area contributed by atoms with Gasteiger partial charge in [0.15, 0.2) is 0 Å². The fourth-order valence-electron chi connectivity index (χ4n) is 0.735. The Kier molecular flexibility index (Phi) is 4.72. The van der Waals surface area contributed by atoms with E-state index in [1.54, 1.807) is 20.8 Å². The Hall–Kier alpha value is -1.39. The van der Waals surface area contributed by atoms with Crippen LogP contribution in [0.2, 0.25) is 0 Å². The molecule has 0 heterocycles. The molecule has 0 rings (SSSR count). The number of carbonyl (C=O) groups is 1. The third-order valence-corrected chi connectivity index (χ3v) is 1.35. The summed E-state index contributed by atoms with van der Waals surface area (Å²) >= 11 is 0. The molecular weight excluding hydrogens is 174 g/mol. The maximum atomic E-state index is 10.9. The minimum atomic E-state index is -0.664. The largest absolute Gasteiger partial charge is 0.463 e. The number of nitro groups is 1. The van der Waals surface area contributed by atoms with Gasteiger partial charge in [0.2, 0.25) is 0 Å². The standard InChI is InChI=1S/C8H13NO4/c1-4-13-8(10)5-7(6(2)3)9(11)12/h5-6H,4H2,1-3H3. The van der Waals surface area contributed by atoms with E-state index in [0.29, 0.717) is 0 Å². The van der Waals surface area contributed by atoms with E-state index < -0.39 is 10.9 Å². The summed E-state index contributed by atoms with van der Waals surface area (Å²) in [4.78, 5) is 20.7. The van der Waals surface area contributed by atoms with Crippen LogP contribution in [0.4, 0.5) is 0 Å². The molecule has 0 aromatic rings. The molecule has 0 aliphatic heterocycles. The third kappa shape index (κ3) is 4.25. The molecule has 5 nitrogen and oxygen atoms in total. The Morgan fingerprint density at radius 3 is 2.46 bits per heavy atom. The molecule has 0 aliphatic carbocycles. The first kappa shape index (κ1) is 11.6. The van der Waals surface area contributed by atoms with Crippen LogP contribution in [0.5, 0.6) is 0 Å². The number of esters is 1. The summed E-state index contributed by atoms with van der Waals surface area (Å²) in [6.45, 7) is 5.16. The lowest BCUT2D eigenvalue weighted by molar-refractivity contribution is -0.432. The van der Waals surface area contributed by atoms with Crippen LogP contribution in [0.25, 0.3) is 0 Å². The zero-order valence-corrected chi connectivity index (χ0v) is 7.94. The van der Waals surface area contributed by atoms with E-state index in [1.807, 2.05) is 0 Å². The minimum Gasteiger partial charge on any atom is -0.463 e. The van der Waals surface area contributed by atoms with Gasteiger partial charge in [-0.05, 0) is 6.92 Å². The Bertz CT molecular complexity index is 232. The first-order valence-electron chi connectivity index (χ1n) is 4.01. The van der Waals surface area contributed by atoms with Crippen LogP contribution < -0.4 is 0 Å². The SMILES string of the molecule is CCOC(=O)C=C(C(C)C)[N+](=O)[O-]. The highest BCUT2D eigenvalue weighted by molar-refractivity contribution is 5.82. The van der Waals surface area contributed by atoms with Crippen molar-refractivity contribution in [1.82, 2.24) is 0 Å². The average Bonchev–Trinajstić information content (AvgIpc) is 1.99. The first-order valence-corrected chi connectivity index (χ1v) is 4.01. The number of rotatable bonds is 4. The van der Waals surface area contributed by atoms with E-state index in [-0.39, 0.29) is 18.2 Å². The lowest BCUT2D eigenvalue weighted by Gasteiger charge is -2.01. The number of nitrogens with zero attached hydrogens (tertiary/aromatic N) is 1. The van der Waals surface area contributed by atoms with Gasteiger partial charge in [0.05, 0.1) is 17.6 Å². The summed E-state index contributed by atoms with van der Waals surface area (Å²) in [5, 5.41) is 10.4. The number of hydrogen-bond donors (Lipinski definition) is 0. The molecule has 0 spiro atoms. The molecule has 0 aliphatic rings. The maximum absolute atomic E-state index is 10.9. The van der Waals surface area contributed by atoms with Crippen LogP contribution in [0.15, 0.2) is 11.8 Å². The van der Waals surface area contributed by atoms with E-state index in [2.05, 4.69) is 4.74 Å². The fourth-order valence-corrected chi connectivity index (χ4v) is 0.735. The molecule has 0 radical (unpaired) electrons. The van der Waals surface area contributed by atoms with E-state index in [9.17, 15) is 14.9 Å². The van der Waals surface area contributed by atoms with Crippen molar-refractivity contribution in [1.29, 1.82) is 0 Å². The van der Waals surface area contributed by atoms with Crippen LogP contribution in [0.1, 0.15) is 20.8 Å². The molecule has 0 aromatic carbocycles. The van der Waals surface area contributed by atoms with E-state index in [4.69, 9.17) is 0 Å². The van der Waals surface area contributed by atoms with E-state index in [1.165, 1.54) is 0 Å². The quantitative estimate of drug-likeness (QED) is 0.288. The summed E-state index contributed by atoms with van der Waals surface area (Å²) in [7, 11) is 0. The molecule has 0 saturated heterocycles. The van der Waals surface area contributed by atoms with E-state index >= 15 is 0 Å². The van der Waals surface area contributed by atoms with Crippen LogP contribution in [0, 0.1) is 16.0 Å². The Labute approximate surface area is 76.5 Å². The van der Waals surface area contributed by atoms with Gasteiger partial charge in [-0.3, -0.25) is 10.1 Å². The first-order chi connectivity index (χ1) is 5.99. The van der Waals surface area contributed by atoms with Crippen molar-refractivity contribution in [2.45, 2.75) is 20.8 Å². The minimum absolute atomic E-state index is 0.126. The Morgan fingerprint density at radius 2 is 2.15 bits per heavy atom. The molecule has 74 valence electrons. The van der Waals surface area contributed by atoms with Crippen LogP contribution in [0.3, 0.4) is 0 Å². The predicted octanol–water partition coefficient (Wildman–Crippen LogP) is 1.37. The summed E-state index contributed by atoms with van der Waals surface area (Å²) in [5.74, 6) is -0.956. The van der Waals surface area contributed by atoms with Crippen LogP contribution >= 0.6 is 0 Å². The molecule has 0 N–H and O–H groups in total. The van der Waals surface area contributed by atoms with Crippen molar-refractivity contribution >= 4 is 5.97 Å². The van der Waals surface area contributed by atoms with Crippen LogP contribution in [-0.2, 0) is 9.53 Å². The van der Waals surface area contributed by atoms with Gasteiger partial charge in [0, 0.05) is 5.92 Å². The molecule has 0 amide bonds. The monoisotopic (exact) mass is 187 g/mol. The van der Waals surface area contributed by atoms with Gasteiger partial charge in [-0.15, -0.1) is 0 Å². The summed E-state index contributed by atoms with van der Waals surface area (Å²) in [6.07, 6.45) is 0.925. The summed E-state index contributed by atoms with van der Waals surface area (Å²) in [5.41, 5.74) is -0.126. The molecule has 13 heavy (non-hydrogen) atoms. The van der Waals surface area contributed by atoms with Gasteiger partial charge in [0.1, 0.15) is 0 Å². The van der Waals surface area contributed by atoms with Crippen molar-refractivity contribution in [2.75, 3.05) is 6.61 Å². The zero-order chi connectivity index (χ0) is 10.4. The Morgan fingerprint density at radius 1 is 1.62 bits per heavy atom. The normalized spacial score (nSPS) is 11.5. The lowest BCUT2D eigenvalue weighted by atomic mass is 10.1. The van der Waals surface area contributed by atoms with Crippen molar-refractivity contribution in [2.24, 2.45) is 5.92 Å².